The molecular weight excluding hydrogens is 210 g/mol. The molecular formula is C14H29N3. The Bertz CT molecular complexity index is 231. The highest BCUT2D eigenvalue weighted by molar-refractivity contribution is 4.81. The SMILES string of the molecule is [2H]N1CCN(CC2CCNCC2)CC1CCCC. The summed E-state index contributed by atoms with van der Waals surface area (Å²) in [7, 11) is 0. The number of piperazine rings is 1. The average Bonchev–Trinajstić information content (AvgIpc) is 2.40. The molecule has 0 aliphatic carbocycles. The molecule has 0 aromatic rings. The molecule has 2 N–H and O–H groups in total. The minimum absolute atomic E-state index is 0.473. The average molecular weight is 240 g/mol. The molecule has 2 saturated heterocycles. The summed E-state index contributed by atoms with van der Waals surface area (Å²) in [6.45, 7) is 9.04. The van der Waals surface area contributed by atoms with Crippen LogP contribution in [-0.2, 0) is 0 Å². The third-order valence-corrected chi connectivity index (χ3v) is 4.14. The van der Waals surface area contributed by atoms with Crippen LogP contribution in [0.1, 0.15) is 39.0 Å². The summed E-state index contributed by atoms with van der Waals surface area (Å²) in [6, 6.07) is 0.473. The van der Waals surface area contributed by atoms with Gasteiger partial charge in [0.25, 0.3) is 0 Å². The van der Waals surface area contributed by atoms with Crippen LogP contribution in [0.15, 0.2) is 0 Å². The van der Waals surface area contributed by atoms with Crippen LogP contribution in [0.2, 0.25) is 1.41 Å². The molecule has 0 bridgehead atoms. The van der Waals surface area contributed by atoms with Crippen LogP contribution < -0.4 is 10.6 Å². The van der Waals surface area contributed by atoms with E-state index in [2.05, 4.69) is 17.1 Å². The first-order valence-corrected chi connectivity index (χ1v) is 7.48. The Hall–Kier alpha value is -0.120. The zero-order valence-corrected chi connectivity index (χ0v) is 11.3. The van der Waals surface area contributed by atoms with E-state index < -0.39 is 0 Å². The highest BCUT2D eigenvalue weighted by atomic mass is 15.2. The van der Waals surface area contributed by atoms with Gasteiger partial charge in [-0.25, -0.2) is 0 Å². The fourth-order valence-corrected chi connectivity index (χ4v) is 3.05. The van der Waals surface area contributed by atoms with E-state index >= 15 is 0 Å². The molecule has 2 fully saturated rings. The Morgan fingerprint density at radius 2 is 2.12 bits per heavy atom. The molecule has 1 unspecified atom stereocenters. The monoisotopic (exact) mass is 240 g/mol. The van der Waals surface area contributed by atoms with Crippen molar-refractivity contribution >= 4 is 0 Å². The Morgan fingerprint density at radius 3 is 2.88 bits per heavy atom. The topological polar surface area (TPSA) is 27.3 Å². The summed E-state index contributed by atoms with van der Waals surface area (Å²) >= 11 is 0. The second kappa shape index (κ2) is 7.34. The quantitative estimate of drug-likeness (QED) is 0.762. The number of unbranched alkanes of at least 4 members (excludes halogenated alkanes) is 1. The highest BCUT2D eigenvalue weighted by Gasteiger charge is 2.22. The molecule has 0 aromatic carbocycles. The van der Waals surface area contributed by atoms with Crippen molar-refractivity contribution in [3.05, 3.63) is 0 Å². The third kappa shape index (κ3) is 4.57. The third-order valence-electron chi connectivity index (χ3n) is 4.14. The van der Waals surface area contributed by atoms with Crippen LogP contribution >= 0.6 is 0 Å². The normalized spacial score (nSPS) is 30.4. The first-order valence-electron chi connectivity index (χ1n) is 7.93. The lowest BCUT2D eigenvalue weighted by atomic mass is 9.96. The van der Waals surface area contributed by atoms with Gasteiger partial charge in [-0.2, -0.15) is 0 Å². The zero-order valence-electron chi connectivity index (χ0n) is 12.3. The number of hydrogen-bond acceptors (Lipinski definition) is 3. The van der Waals surface area contributed by atoms with Gasteiger partial charge in [-0.3, -0.25) is 0 Å². The second-order valence-corrected chi connectivity index (χ2v) is 5.66. The number of nitrogens with one attached hydrogen (secondary N) is 2. The minimum atomic E-state index is 0.473. The lowest BCUT2D eigenvalue weighted by molar-refractivity contribution is 0.155. The van der Waals surface area contributed by atoms with Crippen LogP contribution in [0.25, 0.3) is 0 Å². The van der Waals surface area contributed by atoms with E-state index in [9.17, 15) is 0 Å². The van der Waals surface area contributed by atoms with Gasteiger partial charge in [0.05, 0.1) is 0 Å². The molecule has 2 heterocycles. The van der Waals surface area contributed by atoms with Gasteiger partial charge in [-0.05, 0) is 38.3 Å². The number of hydrogen-bond donors (Lipinski definition) is 2. The van der Waals surface area contributed by atoms with Crippen LogP contribution in [0.4, 0.5) is 0 Å². The van der Waals surface area contributed by atoms with Gasteiger partial charge in [0.2, 0.25) is 0 Å². The van der Waals surface area contributed by atoms with Crippen LogP contribution in [0, 0.1) is 5.92 Å². The predicted molar refractivity (Wildman–Crippen MR) is 73.3 cm³/mol. The molecule has 2 rings (SSSR count). The number of nitrogens with zero attached hydrogens (tertiary/aromatic N) is 1. The molecule has 0 aromatic heterocycles. The summed E-state index contributed by atoms with van der Waals surface area (Å²) in [5, 5.41) is 5.27. The van der Waals surface area contributed by atoms with Crippen molar-refractivity contribution in [2.45, 2.75) is 45.1 Å². The van der Waals surface area contributed by atoms with E-state index in [0.29, 0.717) is 6.04 Å². The Morgan fingerprint density at radius 1 is 1.29 bits per heavy atom. The summed E-state index contributed by atoms with van der Waals surface area (Å²) in [5.41, 5.74) is 0. The summed E-state index contributed by atoms with van der Waals surface area (Å²) in [6.07, 6.45) is 6.38. The molecule has 1 atom stereocenters. The maximum absolute atomic E-state index is 8.01. The molecule has 17 heavy (non-hydrogen) atoms. The van der Waals surface area contributed by atoms with Gasteiger partial charge in [0.1, 0.15) is 1.41 Å². The molecule has 0 spiro atoms. The summed E-state index contributed by atoms with van der Waals surface area (Å²) in [5.74, 6) is 0.885. The zero-order chi connectivity index (χ0) is 12.8. The molecule has 2 aliphatic heterocycles. The van der Waals surface area contributed by atoms with Crippen LogP contribution in [0.3, 0.4) is 0 Å². The van der Waals surface area contributed by atoms with E-state index in [0.717, 1.165) is 25.6 Å². The Balaban J connectivity index is 1.75. The number of piperidine rings is 1. The molecule has 0 radical (unpaired) electrons. The van der Waals surface area contributed by atoms with E-state index in [-0.39, 0.29) is 0 Å². The largest absolute Gasteiger partial charge is 0.317 e. The van der Waals surface area contributed by atoms with Gasteiger partial charge in [-0.15, -0.1) is 0 Å². The standard InChI is InChI=1S/C14H29N3/c1-2-3-4-14-12-17(10-9-16-14)11-13-5-7-15-8-6-13/h13-16H,2-12H2,1H3/i/hD. The van der Waals surface area contributed by atoms with Crippen LogP contribution in [-0.4, -0.2) is 50.2 Å². The van der Waals surface area contributed by atoms with E-state index in [4.69, 9.17) is 1.41 Å². The molecule has 2 aliphatic rings. The van der Waals surface area contributed by atoms with Crippen molar-refractivity contribution in [2.24, 2.45) is 5.92 Å². The lowest BCUT2D eigenvalue weighted by Crippen LogP contribution is -2.52. The molecule has 3 heteroatoms. The molecule has 3 nitrogen and oxygen atoms in total. The number of rotatable bonds is 5. The molecule has 0 saturated carbocycles. The van der Waals surface area contributed by atoms with Crippen molar-refractivity contribution < 1.29 is 1.41 Å². The second-order valence-electron chi connectivity index (χ2n) is 5.66. The fourth-order valence-electron chi connectivity index (χ4n) is 3.05. The van der Waals surface area contributed by atoms with Gasteiger partial charge < -0.3 is 15.5 Å². The maximum atomic E-state index is 8.01. The van der Waals surface area contributed by atoms with Crippen molar-refractivity contribution in [1.29, 1.82) is 0 Å². The Kier molecular flexibility index (Phi) is 5.16. The minimum Gasteiger partial charge on any atom is -0.317 e. The summed E-state index contributed by atoms with van der Waals surface area (Å²) < 4.78 is 8.01. The fraction of sp³-hybridized carbons (Fsp3) is 1.00. The first kappa shape index (κ1) is 11.9. The van der Waals surface area contributed by atoms with Gasteiger partial charge in [-0.1, -0.05) is 19.8 Å². The van der Waals surface area contributed by atoms with Crippen molar-refractivity contribution in [3.8, 4) is 0 Å². The first-order chi connectivity index (χ1) is 8.79. The van der Waals surface area contributed by atoms with Crippen molar-refractivity contribution in [2.75, 3.05) is 39.3 Å². The van der Waals surface area contributed by atoms with Crippen molar-refractivity contribution in [1.82, 2.24) is 15.5 Å². The van der Waals surface area contributed by atoms with E-state index in [1.54, 1.807) is 0 Å². The summed E-state index contributed by atoms with van der Waals surface area (Å²) in [4.78, 5) is 2.61. The molecule has 100 valence electrons. The molecule has 0 amide bonds. The van der Waals surface area contributed by atoms with E-state index in [1.165, 1.54) is 51.7 Å². The highest BCUT2D eigenvalue weighted by Crippen LogP contribution is 2.15. The maximum Gasteiger partial charge on any atom is 0.123 e. The smallest absolute Gasteiger partial charge is 0.123 e. The van der Waals surface area contributed by atoms with E-state index in [1.807, 2.05) is 5.31 Å². The van der Waals surface area contributed by atoms with Gasteiger partial charge in [0, 0.05) is 32.2 Å². The lowest BCUT2D eigenvalue weighted by Gasteiger charge is -2.36. The predicted octanol–water partition coefficient (Wildman–Crippen LogP) is 1.45. The van der Waals surface area contributed by atoms with Crippen molar-refractivity contribution in [3.63, 3.8) is 0 Å². The Labute approximate surface area is 108 Å². The van der Waals surface area contributed by atoms with Gasteiger partial charge in [0.15, 0.2) is 0 Å². The van der Waals surface area contributed by atoms with Crippen LogP contribution in [0.5, 0.6) is 0 Å². The van der Waals surface area contributed by atoms with Gasteiger partial charge >= 0.3 is 0 Å².